The Bertz CT molecular complexity index is 403. The Hall–Kier alpha value is -1.43. The minimum absolute atomic E-state index is 0.0609. The van der Waals surface area contributed by atoms with Gasteiger partial charge in [0.1, 0.15) is 0 Å². The summed E-state index contributed by atoms with van der Waals surface area (Å²) in [5.41, 5.74) is 0. The SMILES string of the molecule is CN1C(=O)CCC(NCC(=O)NC2CCCCCC2)C1=O. The number of nitrogens with zero attached hydrogens (tertiary/aromatic N) is 1. The van der Waals surface area contributed by atoms with E-state index in [2.05, 4.69) is 10.6 Å². The van der Waals surface area contributed by atoms with Crippen molar-refractivity contribution in [3.63, 3.8) is 0 Å². The monoisotopic (exact) mass is 295 g/mol. The van der Waals surface area contributed by atoms with Crippen LogP contribution < -0.4 is 10.6 Å². The summed E-state index contributed by atoms with van der Waals surface area (Å²) in [5.74, 6) is -0.455. The van der Waals surface area contributed by atoms with Gasteiger partial charge in [0.15, 0.2) is 0 Å². The molecular weight excluding hydrogens is 270 g/mol. The quantitative estimate of drug-likeness (QED) is 0.587. The number of amides is 3. The van der Waals surface area contributed by atoms with Gasteiger partial charge in [-0.1, -0.05) is 25.7 Å². The van der Waals surface area contributed by atoms with Gasteiger partial charge in [-0.15, -0.1) is 0 Å². The first-order valence-corrected chi connectivity index (χ1v) is 7.91. The summed E-state index contributed by atoms with van der Waals surface area (Å²) in [6.45, 7) is 0.134. The standard InChI is InChI=1S/C15H25N3O3/c1-18-14(20)9-8-12(15(18)21)16-10-13(19)17-11-6-4-2-3-5-7-11/h11-12,16H,2-10H2,1H3,(H,17,19). The van der Waals surface area contributed by atoms with Crippen LogP contribution in [0.2, 0.25) is 0 Å². The lowest BCUT2D eigenvalue weighted by Crippen LogP contribution is -2.53. The fraction of sp³-hybridized carbons (Fsp3) is 0.800. The molecule has 0 radical (unpaired) electrons. The number of carbonyl (C=O) groups is 3. The number of imide groups is 1. The Labute approximate surface area is 125 Å². The highest BCUT2D eigenvalue weighted by atomic mass is 16.2. The number of likely N-dealkylation sites (tertiary alicyclic amines) is 1. The molecule has 2 fully saturated rings. The van der Waals surface area contributed by atoms with Gasteiger partial charge in [0, 0.05) is 19.5 Å². The van der Waals surface area contributed by atoms with Gasteiger partial charge in [-0.05, 0) is 19.3 Å². The van der Waals surface area contributed by atoms with Crippen LogP contribution in [0.5, 0.6) is 0 Å². The highest BCUT2D eigenvalue weighted by molar-refractivity contribution is 6.00. The molecule has 1 atom stereocenters. The lowest BCUT2D eigenvalue weighted by atomic mass is 10.0. The van der Waals surface area contributed by atoms with E-state index in [9.17, 15) is 14.4 Å². The van der Waals surface area contributed by atoms with E-state index in [1.807, 2.05) is 0 Å². The third-order valence-corrected chi connectivity index (χ3v) is 4.38. The maximum atomic E-state index is 12.0. The molecule has 1 aliphatic heterocycles. The molecule has 6 heteroatoms. The molecule has 3 amide bonds. The Balaban J connectivity index is 1.73. The van der Waals surface area contributed by atoms with Gasteiger partial charge in [-0.3, -0.25) is 24.6 Å². The first-order valence-electron chi connectivity index (χ1n) is 7.91. The number of hydrogen-bond donors (Lipinski definition) is 2. The lowest BCUT2D eigenvalue weighted by molar-refractivity contribution is -0.148. The second kappa shape index (κ2) is 7.54. The molecule has 0 aromatic carbocycles. The second-order valence-corrected chi connectivity index (χ2v) is 6.02. The average Bonchev–Trinajstić information content (AvgIpc) is 2.73. The Morgan fingerprint density at radius 3 is 2.48 bits per heavy atom. The van der Waals surface area contributed by atoms with Crippen LogP contribution in [-0.4, -0.2) is 48.3 Å². The summed E-state index contributed by atoms with van der Waals surface area (Å²) in [6, 6.07) is -0.152. The van der Waals surface area contributed by atoms with Crippen LogP contribution in [0.15, 0.2) is 0 Å². The Morgan fingerprint density at radius 2 is 1.81 bits per heavy atom. The van der Waals surface area contributed by atoms with Gasteiger partial charge >= 0.3 is 0 Å². The maximum absolute atomic E-state index is 12.0. The number of likely N-dealkylation sites (N-methyl/N-ethyl adjacent to an activating group) is 1. The van der Waals surface area contributed by atoms with Crippen LogP contribution in [0.4, 0.5) is 0 Å². The smallest absolute Gasteiger partial charge is 0.246 e. The van der Waals surface area contributed by atoms with Gasteiger partial charge < -0.3 is 5.32 Å². The summed E-state index contributed by atoms with van der Waals surface area (Å²) in [4.78, 5) is 36.4. The molecule has 21 heavy (non-hydrogen) atoms. The molecule has 0 spiro atoms. The molecule has 1 saturated heterocycles. The van der Waals surface area contributed by atoms with Crippen LogP contribution in [0.3, 0.4) is 0 Å². The highest BCUT2D eigenvalue weighted by Gasteiger charge is 2.31. The van der Waals surface area contributed by atoms with Gasteiger partial charge in [0.2, 0.25) is 17.7 Å². The zero-order valence-electron chi connectivity index (χ0n) is 12.7. The predicted octanol–water partition coefficient (Wildman–Crippen LogP) is 0.562. The van der Waals surface area contributed by atoms with Crippen molar-refractivity contribution in [2.75, 3.05) is 13.6 Å². The van der Waals surface area contributed by atoms with Crippen LogP contribution in [-0.2, 0) is 14.4 Å². The predicted molar refractivity (Wildman–Crippen MR) is 78.4 cm³/mol. The summed E-state index contributed by atoms with van der Waals surface area (Å²) < 4.78 is 0. The fourth-order valence-electron chi connectivity index (χ4n) is 3.02. The molecule has 6 nitrogen and oxygen atoms in total. The molecule has 1 aliphatic carbocycles. The van der Waals surface area contributed by atoms with Crippen molar-refractivity contribution in [2.24, 2.45) is 0 Å². The van der Waals surface area contributed by atoms with E-state index in [-0.39, 0.29) is 30.3 Å². The number of carbonyl (C=O) groups excluding carboxylic acids is 3. The van der Waals surface area contributed by atoms with Crippen molar-refractivity contribution in [3.8, 4) is 0 Å². The topological polar surface area (TPSA) is 78.5 Å². The van der Waals surface area contributed by atoms with Crippen LogP contribution in [0.25, 0.3) is 0 Å². The summed E-state index contributed by atoms with van der Waals surface area (Å²) in [5, 5.41) is 6.01. The maximum Gasteiger partial charge on any atom is 0.246 e. The number of nitrogens with one attached hydrogen (secondary N) is 2. The van der Waals surface area contributed by atoms with Gasteiger partial charge in [-0.25, -0.2) is 0 Å². The second-order valence-electron chi connectivity index (χ2n) is 6.02. The molecule has 0 aromatic heterocycles. The molecular formula is C15H25N3O3. The van der Waals surface area contributed by atoms with Crippen molar-refractivity contribution < 1.29 is 14.4 Å². The van der Waals surface area contributed by atoms with Crippen LogP contribution in [0, 0.1) is 0 Å². The van der Waals surface area contributed by atoms with Crippen molar-refractivity contribution in [1.82, 2.24) is 15.5 Å². The first-order chi connectivity index (χ1) is 10.1. The molecule has 0 bridgehead atoms. The largest absolute Gasteiger partial charge is 0.352 e. The van der Waals surface area contributed by atoms with Crippen LogP contribution >= 0.6 is 0 Å². The lowest BCUT2D eigenvalue weighted by Gasteiger charge is -2.28. The van der Waals surface area contributed by atoms with E-state index in [1.54, 1.807) is 0 Å². The normalized spacial score (nSPS) is 24.8. The van der Waals surface area contributed by atoms with Crippen molar-refractivity contribution in [3.05, 3.63) is 0 Å². The van der Waals surface area contributed by atoms with Gasteiger partial charge in [0.25, 0.3) is 0 Å². The molecule has 2 N–H and O–H groups in total. The fourth-order valence-corrected chi connectivity index (χ4v) is 3.02. The molecule has 118 valence electrons. The molecule has 2 aliphatic rings. The van der Waals surface area contributed by atoms with Crippen molar-refractivity contribution >= 4 is 17.7 Å². The molecule has 0 aromatic rings. The third kappa shape index (κ3) is 4.52. The van der Waals surface area contributed by atoms with Crippen molar-refractivity contribution in [2.45, 2.75) is 63.5 Å². The minimum Gasteiger partial charge on any atom is -0.352 e. The third-order valence-electron chi connectivity index (χ3n) is 4.38. The molecule has 1 unspecified atom stereocenters. The summed E-state index contributed by atoms with van der Waals surface area (Å²) in [7, 11) is 1.49. The highest BCUT2D eigenvalue weighted by Crippen LogP contribution is 2.17. The van der Waals surface area contributed by atoms with Crippen molar-refractivity contribution in [1.29, 1.82) is 0 Å². The average molecular weight is 295 g/mol. The summed E-state index contributed by atoms with van der Waals surface area (Å²) >= 11 is 0. The number of rotatable bonds is 4. The van der Waals surface area contributed by atoms with Crippen LogP contribution in [0.1, 0.15) is 51.4 Å². The number of piperidine rings is 1. The van der Waals surface area contributed by atoms with E-state index < -0.39 is 6.04 Å². The first kappa shape index (κ1) is 15.9. The van der Waals surface area contributed by atoms with E-state index in [0.717, 1.165) is 17.7 Å². The Morgan fingerprint density at radius 1 is 1.14 bits per heavy atom. The van der Waals surface area contributed by atoms with E-state index >= 15 is 0 Å². The minimum atomic E-state index is -0.424. The van der Waals surface area contributed by atoms with E-state index in [1.165, 1.54) is 32.7 Å². The Kier molecular flexibility index (Phi) is 5.73. The molecule has 1 heterocycles. The molecule has 1 saturated carbocycles. The van der Waals surface area contributed by atoms with Gasteiger partial charge in [-0.2, -0.15) is 0 Å². The summed E-state index contributed by atoms with van der Waals surface area (Å²) in [6.07, 6.45) is 7.77. The van der Waals surface area contributed by atoms with E-state index in [4.69, 9.17) is 0 Å². The van der Waals surface area contributed by atoms with E-state index in [0.29, 0.717) is 12.8 Å². The zero-order chi connectivity index (χ0) is 15.2. The number of hydrogen-bond acceptors (Lipinski definition) is 4. The molecule has 2 rings (SSSR count). The van der Waals surface area contributed by atoms with Gasteiger partial charge in [0.05, 0.1) is 12.6 Å². The zero-order valence-corrected chi connectivity index (χ0v) is 12.7.